The van der Waals surface area contributed by atoms with Crippen molar-refractivity contribution < 1.29 is 9.66 Å². The highest BCUT2D eigenvalue weighted by molar-refractivity contribution is 5.99. The minimum atomic E-state index is -0.406. The lowest BCUT2D eigenvalue weighted by molar-refractivity contribution is -0.384. The molecular weight excluding hydrogens is 294 g/mol. The van der Waals surface area contributed by atoms with E-state index in [1.54, 1.807) is 6.07 Å². The fourth-order valence-electron chi connectivity index (χ4n) is 2.39. The van der Waals surface area contributed by atoms with E-state index in [0.717, 1.165) is 36.5 Å². The molecule has 0 saturated heterocycles. The van der Waals surface area contributed by atoms with Crippen molar-refractivity contribution >= 4 is 11.5 Å². The number of nitro groups is 1. The van der Waals surface area contributed by atoms with E-state index in [4.69, 9.17) is 4.74 Å². The van der Waals surface area contributed by atoms with Gasteiger partial charge in [-0.3, -0.25) is 15.1 Å². The Labute approximate surface area is 134 Å². The Kier molecular flexibility index (Phi) is 4.52. The van der Waals surface area contributed by atoms with Crippen molar-refractivity contribution in [3.05, 3.63) is 69.8 Å². The average molecular weight is 311 g/mol. The van der Waals surface area contributed by atoms with Gasteiger partial charge in [-0.1, -0.05) is 24.3 Å². The molecule has 0 aromatic heterocycles. The molecule has 0 bridgehead atoms. The summed E-state index contributed by atoms with van der Waals surface area (Å²) in [5.74, 6) is 1.60. The molecule has 2 aromatic carbocycles. The maximum Gasteiger partial charge on any atom is 0.269 e. The van der Waals surface area contributed by atoms with Crippen LogP contribution in [0.4, 0.5) is 5.69 Å². The Balaban J connectivity index is 1.70. The predicted octanol–water partition coefficient (Wildman–Crippen LogP) is 2.91. The molecule has 1 heterocycles. The molecule has 118 valence electrons. The average Bonchev–Trinajstić information content (AvgIpc) is 2.61. The van der Waals surface area contributed by atoms with E-state index in [-0.39, 0.29) is 12.3 Å². The second-order valence-electron chi connectivity index (χ2n) is 5.25. The monoisotopic (exact) mass is 311 g/mol. The van der Waals surface area contributed by atoms with Gasteiger partial charge in [0.1, 0.15) is 18.2 Å². The molecular formula is C17H17N3O3. The van der Waals surface area contributed by atoms with Gasteiger partial charge in [-0.25, -0.2) is 0 Å². The Morgan fingerprint density at radius 2 is 2.09 bits per heavy atom. The molecule has 0 atom stereocenters. The summed E-state index contributed by atoms with van der Waals surface area (Å²) in [4.78, 5) is 14.9. The van der Waals surface area contributed by atoms with E-state index in [0.29, 0.717) is 5.75 Å². The number of benzene rings is 2. The Morgan fingerprint density at radius 1 is 1.22 bits per heavy atom. The van der Waals surface area contributed by atoms with Crippen molar-refractivity contribution in [2.75, 3.05) is 13.1 Å². The number of nitrogens with one attached hydrogen (secondary N) is 1. The van der Waals surface area contributed by atoms with Gasteiger partial charge >= 0.3 is 0 Å². The molecule has 1 aliphatic heterocycles. The van der Waals surface area contributed by atoms with Crippen LogP contribution in [-0.2, 0) is 6.61 Å². The molecule has 6 nitrogen and oxygen atoms in total. The van der Waals surface area contributed by atoms with Crippen LogP contribution in [0.15, 0.2) is 53.5 Å². The number of non-ortho nitro benzene ring substituents is 1. The van der Waals surface area contributed by atoms with Crippen LogP contribution in [-0.4, -0.2) is 23.8 Å². The predicted molar refractivity (Wildman–Crippen MR) is 87.9 cm³/mol. The van der Waals surface area contributed by atoms with Gasteiger partial charge in [-0.05, 0) is 24.1 Å². The first-order valence-electron chi connectivity index (χ1n) is 7.47. The first kappa shape index (κ1) is 15.0. The molecule has 1 N–H and O–H groups in total. The van der Waals surface area contributed by atoms with Crippen molar-refractivity contribution in [2.45, 2.75) is 13.0 Å². The lowest BCUT2D eigenvalue weighted by Crippen LogP contribution is -2.30. The molecule has 1 aliphatic rings. The number of amidine groups is 1. The maximum absolute atomic E-state index is 10.8. The van der Waals surface area contributed by atoms with E-state index >= 15 is 0 Å². The molecule has 0 aliphatic carbocycles. The van der Waals surface area contributed by atoms with E-state index in [2.05, 4.69) is 10.3 Å². The number of nitro benzene ring substituents is 1. The van der Waals surface area contributed by atoms with Crippen LogP contribution in [0.2, 0.25) is 0 Å². The SMILES string of the molecule is O=[N+]([O-])c1cccc(COc2cccc(C3=NCCCN3)c2)c1. The normalized spacial score (nSPS) is 13.8. The smallest absolute Gasteiger partial charge is 0.269 e. The van der Waals surface area contributed by atoms with E-state index in [1.807, 2.05) is 30.3 Å². The Bertz CT molecular complexity index is 743. The number of hydrogen-bond donors (Lipinski definition) is 1. The fraction of sp³-hybridized carbons (Fsp3) is 0.235. The van der Waals surface area contributed by atoms with Crippen LogP contribution < -0.4 is 10.1 Å². The van der Waals surface area contributed by atoms with Crippen LogP contribution >= 0.6 is 0 Å². The first-order valence-corrected chi connectivity index (χ1v) is 7.47. The second-order valence-corrected chi connectivity index (χ2v) is 5.25. The summed E-state index contributed by atoms with van der Waals surface area (Å²) in [6.07, 6.45) is 1.05. The van der Waals surface area contributed by atoms with Gasteiger partial charge in [0.2, 0.25) is 0 Å². The summed E-state index contributed by atoms with van der Waals surface area (Å²) < 4.78 is 5.75. The summed E-state index contributed by atoms with van der Waals surface area (Å²) in [6.45, 7) is 2.05. The largest absolute Gasteiger partial charge is 0.489 e. The molecule has 0 spiro atoms. The van der Waals surface area contributed by atoms with Crippen LogP contribution in [0.5, 0.6) is 5.75 Å². The topological polar surface area (TPSA) is 76.8 Å². The van der Waals surface area contributed by atoms with E-state index < -0.39 is 4.92 Å². The van der Waals surface area contributed by atoms with Crippen LogP contribution in [0.25, 0.3) is 0 Å². The van der Waals surface area contributed by atoms with Crippen molar-refractivity contribution in [2.24, 2.45) is 4.99 Å². The minimum absolute atomic E-state index is 0.0700. The fourth-order valence-corrected chi connectivity index (χ4v) is 2.39. The molecule has 23 heavy (non-hydrogen) atoms. The Hall–Kier alpha value is -2.89. The third-order valence-corrected chi connectivity index (χ3v) is 3.53. The van der Waals surface area contributed by atoms with Gasteiger partial charge < -0.3 is 10.1 Å². The third kappa shape index (κ3) is 3.85. The second kappa shape index (κ2) is 6.91. The molecule has 0 unspecified atom stereocenters. The molecule has 0 saturated carbocycles. The number of ether oxygens (including phenoxy) is 1. The quantitative estimate of drug-likeness (QED) is 0.680. The summed E-state index contributed by atoms with van der Waals surface area (Å²) in [7, 11) is 0. The van der Waals surface area contributed by atoms with Crippen molar-refractivity contribution in [1.29, 1.82) is 0 Å². The van der Waals surface area contributed by atoms with E-state index in [9.17, 15) is 10.1 Å². The number of hydrogen-bond acceptors (Lipinski definition) is 5. The summed E-state index contributed by atoms with van der Waals surface area (Å²) in [5, 5.41) is 14.1. The maximum atomic E-state index is 10.8. The molecule has 0 fully saturated rings. The highest BCUT2D eigenvalue weighted by atomic mass is 16.6. The van der Waals surface area contributed by atoms with Gasteiger partial charge in [0.05, 0.1) is 4.92 Å². The van der Waals surface area contributed by atoms with Gasteiger partial charge in [0, 0.05) is 30.8 Å². The minimum Gasteiger partial charge on any atom is -0.489 e. The zero-order valence-electron chi connectivity index (χ0n) is 12.6. The lowest BCUT2D eigenvalue weighted by Gasteiger charge is -2.15. The third-order valence-electron chi connectivity index (χ3n) is 3.53. The van der Waals surface area contributed by atoms with Crippen molar-refractivity contribution in [1.82, 2.24) is 5.32 Å². The molecule has 2 aromatic rings. The molecule has 0 radical (unpaired) electrons. The van der Waals surface area contributed by atoms with Gasteiger partial charge in [0.25, 0.3) is 5.69 Å². The van der Waals surface area contributed by atoms with Crippen LogP contribution in [0.1, 0.15) is 17.5 Å². The van der Waals surface area contributed by atoms with Crippen molar-refractivity contribution in [3.8, 4) is 5.75 Å². The zero-order valence-corrected chi connectivity index (χ0v) is 12.6. The van der Waals surface area contributed by atoms with Gasteiger partial charge in [0.15, 0.2) is 0 Å². The Morgan fingerprint density at radius 3 is 2.87 bits per heavy atom. The zero-order chi connectivity index (χ0) is 16.1. The van der Waals surface area contributed by atoms with Crippen molar-refractivity contribution in [3.63, 3.8) is 0 Å². The van der Waals surface area contributed by atoms with Gasteiger partial charge in [-0.2, -0.15) is 0 Å². The lowest BCUT2D eigenvalue weighted by atomic mass is 10.1. The summed E-state index contributed by atoms with van der Waals surface area (Å²) >= 11 is 0. The number of aliphatic imine (C=N–C) groups is 1. The molecule has 3 rings (SSSR count). The number of rotatable bonds is 5. The van der Waals surface area contributed by atoms with E-state index in [1.165, 1.54) is 12.1 Å². The summed E-state index contributed by atoms with van der Waals surface area (Å²) in [5.41, 5.74) is 1.82. The van der Waals surface area contributed by atoms with Gasteiger partial charge in [-0.15, -0.1) is 0 Å². The standard InChI is InChI=1S/C17H17N3O3/c21-20(22)15-6-1-4-13(10-15)12-23-16-7-2-5-14(11-16)17-18-8-3-9-19-17/h1-2,4-7,10-11H,3,8-9,12H2,(H,18,19). The first-order chi connectivity index (χ1) is 11.2. The summed E-state index contributed by atoms with van der Waals surface area (Å²) in [6, 6.07) is 14.2. The molecule has 0 amide bonds. The number of nitrogens with zero attached hydrogens (tertiary/aromatic N) is 2. The van der Waals surface area contributed by atoms with Crippen LogP contribution in [0, 0.1) is 10.1 Å². The van der Waals surface area contributed by atoms with Crippen LogP contribution in [0.3, 0.4) is 0 Å². The highest BCUT2D eigenvalue weighted by Gasteiger charge is 2.09. The molecule has 6 heteroatoms. The highest BCUT2D eigenvalue weighted by Crippen LogP contribution is 2.18.